The van der Waals surface area contributed by atoms with Gasteiger partial charge in [-0.2, -0.15) is 0 Å². The van der Waals surface area contributed by atoms with E-state index in [-0.39, 0.29) is 11.9 Å². The van der Waals surface area contributed by atoms with Crippen molar-refractivity contribution in [3.63, 3.8) is 0 Å². The molecule has 4 rings (SSSR count). The molecule has 6 nitrogen and oxygen atoms in total. The predicted molar refractivity (Wildman–Crippen MR) is 94.0 cm³/mol. The number of nitrogens with zero attached hydrogens (tertiary/aromatic N) is 2. The van der Waals surface area contributed by atoms with E-state index in [4.69, 9.17) is 0 Å². The van der Waals surface area contributed by atoms with Gasteiger partial charge in [0.2, 0.25) is 0 Å². The third kappa shape index (κ3) is 2.98. The maximum Gasteiger partial charge on any atom is 0.324 e. The highest BCUT2D eigenvalue weighted by Crippen LogP contribution is 2.21. The molecule has 0 bridgehead atoms. The number of carbonyl (C=O) groups excluding carboxylic acids is 2. The molecule has 1 atom stereocenters. The molecule has 1 aliphatic rings. The standard InChI is InChI=1S/C19H18N4O2/c24-18-17(11-14-12-21-16-4-2-1-3-15(14)16)22-19(25)23(18)10-7-13-5-8-20-9-6-13/h1-6,8-9,12,17,21H,7,10-11H2,(H,22,25). The molecular weight excluding hydrogens is 316 g/mol. The Morgan fingerprint density at radius 3 is 2.72 bits per heavy atom. The maximum absolute atomic E-state index is 12.6. The number of hydrogen-bond donors (Lipinski definition) is 2. The van der Waals surface area contributed by atoms with Crippen LogP contribution in [0.25, 0.3) is 10.9 Å². The summed E-state index contributed by atoms with van der Waals surface area (Å²) in [6.45, 7) is 0.374. The summed E-state index contributed by atoms with van der Waals surface area (Å²) in [5.41, 5.74) is 3.12. The van der Waals surface area contributed by atoms with Crippen LogP contribution in [0.5, 0.6) is 0 Å². The van der Waals surface area contributed by atoms with Gasteiger partial charge in [-0.1, -0.05) is 18.2 Å². The summed E-state index contributed by atoms with van der Waals surface area (Å²) < 4.78 is 0. The molecule has 1 fully saturated rings. The van der Waals surface area contributed by atoms with Crippen LogP contribution in [0.1, 0.15) is 11.1 Å². The van der Waals surface area contributed by atoms with Crippen LogP contribution < -0.4 is 5.32 Å². The Bertz CT molecular complexity index is 919. The first-order valence-electron chi connectivity index (χ1n) is 8.28. The van der Waals surface area contributed by atoms with Crippen LogP contribution in [0.15, 0.2) is 55.0 Å². The normalized spacial score (nSPS) is 17.3. The van der Waals surface area contributed by atoms with Gasteiger partial charge in [0, 0.05) is 42.5 Å². The molecule has 1 unspecified atom stereocenters. The van der Waals surface area contributed by atoms with Gasteiger partial charge in [0.15, 0.2) is 0 Å². The van der Waals surface area contributed by atoms with E-state index < -0.39 is 6.04 Å². The summed E-state index contributed by atoms with van der Waals surface area (Å²) in [6, 6.07) is 10.9. The second-order valence-corrected chi connectivity index (χ2v) is 6.16. The van der Waals surface area contributed by atoms with E-state index in [2.05, 4.69) is 15.3 Å². The van der Waals surface area contributed by atoms with Gasteiger partial charge in [0.05, 0.1) is 0 Å². The lowest BCUT2D eigenvalue weighted by atomic mass is 10.0. The minimum atomic E-state index is -0.510. The molecule has 0 saturated carbocycles. The first kappa shape index (κ1) is 15.4. The number of pyridine rings is 1. The van der Waals surface area contributed by atoms with E-state index in [0.717, 1.165) is 22.0 Å². The number of urea groups is 1. The number of hydrogen-bond acceptors (Lipinski definition) is 3. The first-order chi connectivity index (χ1) is 12.2. The minimum Gasteiger partial charge on any atom is -0.361 e. The summed E-state index contributed by atoms with van der Waals surface area (Å²) in [6.07, 6.45) is 6.44. The number of amides is 3. The minimum absolute atomic E-state index is 0.163. The molecule has 2 N–H and O–H groups in total. The smallest absolute Gasteiger partial charge is 0.324 e. The van der Waals surface area contributed by atoms with Crippen LogP contribution in [0.4, 0.5) is 4.79 Å². The van der Waals surface area contributed by atoms with Crippen molar-refractivity contribution in [2.45, 2.75) is 18.9 Å². The van der Waals surface area contributed by atoms with Gasteiger partial charge in [-0.25, -0.2) is 4.79 Å². The van der Waals surface area contributed by atoms with Crippen molar-refractivity contribution in [1.29, 1.82) is 0 Å². The molecule has 3 aromatic rings. The quantitative estimate of drug-likeness (QED) is 0.703. The summed E-state index contributed by atoms with van der Waals surface area (Å²) in [5, 5.41) is 3.89. The van der Waals surface area contributed by atoms with Crippen LogP contribution in [-0.2, 0) is 17.6 Å². The Labute approximate surface area is 144 Å². The van der Waals surface area contributed by atoms with Gasteiger partial charge >= 0.3 is 6.03 Å². The van der Waals surface area contributed by atoms with Crippen molar-refractivity contribution in [3.8, 4) is 0 Å². The van der Waals surface area contributed by atoms with Crippen molar-refractivity contribution in [3.05, 3.63) is 66.1 Å². The lowest BCUT2D eigenvalue weighted by molar-refractivity contribution is -0.127. The second kappa shape index (κ2) is 6.39. The van der Waals surface area contributed by atoms with Crippen molar-refractivity contribution in [1.82, 2.24) is 20.2 Å². The molecule has 1 aliphatic heterocycles. The van der Waals surface area contributed by atoms with Crippen molar-refractivity contribution < 1.29 is 9.59 Å². The van der Waals surface area contributed by atoms with E-state index in [0.29, 0.717) is 19.4 Å². The highest BCUT2D eigenvalue weighted by molar-refractivity contribution is 6.04. The molecule has 0 spiro atoms. The topological polar surface area (TPSA) is 78.1 Å². The van der Waals surface area contributed by atoms with E-state index in [1.807, 2.05) is 42.6 Å². The number of H-pyrrole nitrogens is 1. The fourth-order valence-electron chi connectivity index (χ4n) is 3.24. The summed E-state index contributed by atoms with van der Waals surface area (Å²) in [5.74, 6) is -0.163. The predicted octanol–water partition coefficient (Wildman–Crippen LogP) is 2.27. The van der Waals surface area contributed by atoms with Gasteiger partial charge in [0.1, 0.15) is 6.04 Å². The largest absolute Gasteiger partial charge is 0.361 e. The molecular formula is C19H18N4O2. The number of imide groups is 1. The highest BCUT2D eigenvalue weighted by Gasteiger charge is 2.37. The lowest BCUT2D eigenvalue weighted by Gasteiger charge is -2.12. The summed E-state index contributed by atoms with van der Waals surface area (Å²) in [4.78, 5) is 33.3. The molecule has 1 aromatic carbocycles. The molecule has 0 aliphatic carbocycles. The van der Waals surface area contributed by atoms with E-state index in [9.17, 15) is 9.59 Å². The van der Waals surface area contributed by atoms with Gasteiger partial charge in [-0.3, -0.25) is 14.7 Å². The Hall–Kier alpha value is -3.15. The molecule has 126 valence electrons. The van der Waals surface area contributed by atoms with Gasteiger partial charge in [-0.05, 0) is 35.7 Å². The number of para-hydroxylation sites is 1. The third-order valence-electron chi connectivity index (χ3n) is 4.58. The number of aromatic amines is 1. The number of aromatic nitrogens is 2. The summed E-state index contributed by atoms with van der Waals surface area (Å²) in [7, 11) is 0. The number of nitrogens with one attached hydrogen (secondary N) is 2. The third-order valence-corrected chi connectivity index (χ3v) is 4.58. The number of fused-ring (bicyclic) bond motifs is 1. The average molecular weight is 334 g/mol. The molecule has 1 saturated heterocycles. The molecule has 0 radical (unpaired) electrons. The van der Waals surface area contributed by atoms with Gasteiger partial charge in [0.25, 0.3) is 5.91 Å². The van der Waals surface area contributed by atoms with Crippen molar-refractivity contribution >= 4 is 22.8 Å². The van der Waals surface area contributed by atoms with E-state index in [1.54, 1.807) is 12.4 Å². The van der Waals surface area contributed by atoms with Crippen LogP contribution in [0.3, 0.4) is 0 Å². The van der Waals surface area contributed by atoms with Crippen molar-refractivity contribution in [2.75, 3.05) is 6.54 Å². The maximum atomic E-state index is 12.6. The molecule has 3 amide bonds. The zero-order valence-electron chi connectivity index (χ0n) is 13.6. The Morgan fingerprint density at radius 2 is 1.88 bits per heavy atom. The Balaban J connectivity index is 1.45. The molecule has 3 heterocycles. The first-order valence-corrected chi connectivity index (χ1v) is 8.28. The highest BCUT2D eigenvalue weighted by atomic mass is 16.2. The molecule has 2 aromatic heterocycles. The van der Waals surface area contributed by atoms with Crippen LogP contribution >= 0.6 is 0 Å². The van der Waals surface area contributed by atoms with Crippen LogP contribution in [-0.4, -0.2) is 39.4 Å². The Kier molecular flexibility index (Phi) is 3.93. The monoisotopic (exact) mass is 334 g/mol. The number of rotatable bonds is 5. The van der Waals surface area contributed by atoms with Gasteiger partial charge < -0.3 is 10.3 Å². The van der Waals surface area contributed by atoms with Crippen LogP contribution in [0.2, 0.25) is 0 Å². The number of carbonyl (C=O) groups is 2. The average Bonchev–Trinajstić information content (AvgIpc) is 3.16. The SMILES string of the molecule is O=C1NC(Cc2c[nH]c3ccccc23)C(=O)N1CCc1ccncc1. The zero-order chi connectivity index (χ0) is 17.2. The fourth-order valence-corrected chi connectivity index (χ4v) is 3.24. The summed E-state index contributed by atoms with van der Waals surface area (Å²) >= 11 is 0. The fraction of sp³-hybridized carbons (Fsp3) is 0.211. The lowest BCUT2D eigenvalue weighted by Crippen LogP contribution is -2.33. The number of benzene rings is 1. The van der Waals surface area contributed by atoms with Gasteiger partial charge in [-0.15, -0.1) is 0 Å². The zero-order valence-corrected chi connectivity index (χ0v) is 13.6. The Morgan fingerprint density at radius 1 is 1.08 bits per heavy atom. The second-order valence-electron chi connectivity index (χ2n) is 6.16. The van der Waals surface area contributed by atoms with Crippen LogP contribution in [0, 0.1) is 0 Å². The molecule has 6 heteroatoms. The van der Waals surface area contributed by atoms with E-state index in [1.165, 1.54) is 4.90 Å². The van der Waals surface area contributed by atoms with E-state index >= 15 is 0 Å². The molecule has 25 heavy (non-hydrogen) atoms. The van der Waals surface area contributed by atoms with Crippen molar-refractivity contribution in [2.24, 2.45) is 0 Å².